The Hall–Kier alpha value is -1.53. The summed E-state index contributed by atoms with van der Waals surface area (Å²) in [4.78, 5) is 28.1. The minimum Gasteiger partial charge on any atom is -0.506 e. The Bertz CT molecular complexity index is 533. The van der Waals surface area contributed by atoms with Gasteiger partial charge < -0.3 is 5.11 Å². The molecule has 1 aliphatic rings. The van der Waals surface area contributed by atoms with Gasteiger partial charge in [-0.05, 0) is 12.1 Å². The third kappa shape index (κ3) is 2.49. The van der Waals surface area contributed by atoms with Gasteiger partial charge in [-0.1, -0.05) is 23.9 Å². The normalized spacial score (nSPS) is 17.5. The first-order valence-electron chi connectivity index (χ1n) is 5.04. The van der Waals surface area contributed by atoms with Gasteiger partial charge in [-0.3, -0.25) is 9.59 Å². The van der Waals surface area contributed by atoms with Crippen molar-refractivity contribution in [2.75, 3.05) is 11.6 Å². The third-order valence-electron chi connectivity index (χ3n) is 2.23. The van der Waals surface area contributed by atoms with Crippen LogP contribution < -0.4 is 0 Å². The number of rotatable bonds is 2. The highest BCUT2D eigenvalue weighted by atomic mass is 35.5. The monoisotopic (exact) mass is 284 g/mol. The molecular weight excluding hydrogens is 276 g/mol. The number of amides is 2. The molecule has 0 aromatic heterocycles. The van der Waals surface area contributed by atoms with E-state index in [4.69, 9.17) is 11.6 Å². The zero-order valence-electron chi connectivity index (χ0n) is 9.17. The molecule has 0 bridgehead atoms. The van der Waals surface area contributed by atoms with Crippen molar-refractivity contribution in [3.63, 3.8) is 0 Å². The molecule has 1 aromatic carbocycles. The number of imide groups is 1. The van der Waals surface area contributed by atoms with Gasteiger partial charge >= 0.3 is 0 Å². The molecule has 0 unspecified atom stereocenters. The van der Waals surface area contributed by atoms with E-state index in [1.165, 1.54) is 6.07 Å². The molecule has 0 saturated carbocycles. The Balaban J connectivity index is 2.35. The lowest BCUT2D eigenvalue weighted by molar-refractivity contribution is -0.135. The van der Waals surface area contributed by atoms with Crippen molar-refractivity contribution in [1.29, 1.82) is 0 Å². The molecule has 1 fully saturated rings. The number of aromatic hydroxyl groups is 1. The quantitative estimate of drug-likeness (QED) is 0.840. The van der Waals surface area contributed by atoms with Gasteiger partial charge in [0.1, 0.15) is 17.3 Å². The summed E-state index contributed by atoms with van der Waals surface area (Å²) in [5.74, 6) is -1.01. The predicted octanol–water partition coefficient (Wildman–Crippen LogP) is 1.72. The molecule has 94 valence electrons. The van der Waals surface area contributed by atoms with Crippen molar-refractivity contribution in [2.24, 2.45) is 4.99 Å². The number of benzene rings is 1. The summed E-state index contributed by atoms with van der Waals surface area (Å²) in [5.41, 5.74) is 0.307. The number of carbonyl (C=O) groups excluding carboxylic acids is 2. The van der Waals surface area contributed by atoms with E-state index in [0.717, 1.165) is 16.7 Å². The van der Waals surface area contributed by atoms with Crippen molar-refractivity contribution in [3.05, 3.63) is 24.3 Å². The maximum absolute atomic E-state index is 11.5. The van der Waals surface area contributed by atoms with Crippen molar-refractivity contribution < 1.29 is 14.7 Å². The van der Waals surface area contributed by atoms with Crippen LogP contribution in [-0.2, 0) is 9.59 Å². The molecule has 5 nitrogen and oxygen atoms in total. The van der Waals surface area contributed by atoms with E-state index in [2.05, 4.69) is 4.99 Å². The van der Waals surface area contributed by atoms with Gasteiger partial charge in [0.05, 0.1) is 5.75 Å². The molecule has 1 aromatic rings. The Morgan fingerprint density at radius 2 is 2.22 bits per heavy atom. The number of phenols is 1. The Morgan fingerprint density at radius 3 is 2.89 bits per heavy atom. The number of hydrogen-bond donors (Lipinski definition) is 1. The van der Waals surface area contributed by atoms with Crippen LogP contribution in [0.2, 0.25) is 0 Å². The number of para-hydroxylation sites is 2. The van der Waals surface area contributed by atoms with Gasteiger partial charge in [-0.25, -0.2) is 9.89 Å². The Morgan fingerprint density at radius 1 is 1.50 bits per heavy atom. The molecule has 1 aliphatic heterocycles. The number of nitrogens with zero attached hydrogens (tertiary/aromatic N) is 2. The Kier molecular flexibility index (Phi) is 3.88. The van der Waals surface area contributed by atoms with E-state index in [1.807, 2.05) is 0 Å². The van der Waals surface area contributed by atoms with Gasteiger partial charge in [0.2, 0.25) is 11.8 Å². The van der Waals surface area contributed by atoms with Crippen LogP contribution in [-0.4, -0.2) is 38.6 Å². The second kappa shape index (κ2) is 5.41. The highest BCUT2D eigenvalue weighted by Gasteiger charge is 2.33. The third-order valence-corrected chi connectivity index (χ3v) is 3.38. The van der Waals surface area contributed by atoms with E-state index >= 15 is 0 Å². The molecule has 2 amide bonds. The maximum atomic E-state index is 11.5. The number of hydrogen-bond acceptors (Lipinski definition) is 5. The van der Waals surface area contributed by atoms with Crippen LogP contribution in [0.25, 0.3) is 0 Å². The summed E-state index contributed by atoms with van der Waals surface area (Å²) in [6, 6.07) is 6.44. The van der Waals surface area contributed by atoms with Gasteiger partial charge in [0.25, 0.3) is 0 Å². The number of carbonyl (C=O) groups is 2. The van der Waals surface area contributed by atoms with Crippen molar-refractivity contribution in [3.8, 4) is 5.75 Å². The van der Waals surface area contributed by atoms with Crippen LogP contribution in [0.5, 0.6) is 5.75 Å². The lowest BCUT2D eigenvalue weighted by Crippen LogP contribution is -2.36. The van der Waals surface area contributed by atoms with Crippen LogP contribution in [0, 0.1) is 0 Å². The summed E-state index contributed by atoms with van der Waals surface area (Å²) in [5, 5.41) is 9.83. The molecule has 1 saturated heterocycles. The maximum Gasteiger partial charge on any atom is 0.250 e. The number of amidine groups is 1. The molecule has 0 atom stereocenters. The molecule has 0 spiro atoms. The lowest BCUT2D eigenvalue weighted by atomic mass is 10.3. The first-order chi connectivity index (χ1) is 8.63. The van der Waals surface area contributed by atoms with Crippen LogP contribution in [0.4, 0.5) is 5.69 Å². The molecule has 0 radical (unpaired) electrons. The molecule has 1 heterocycles. The largest absolute Gasteiger partial charge is 0.506 e. The fourth-order valence-corrected chi connectivity index (χ4v) is 2.41. The average Bonchev–Trinajstić information content (AvgIpc) is 2.72. The number of aliphatic imine (C=N–C) groups is 1. The highest BCUT2D eigenvalue weighted by Crippen LogP contribution is 2.29. The summed E-state index contributed by atoms with van der Waals surface area (Å²) in [6.07, 6.45) is 0. The Labute approximate surface area is 112 Å². The van der Waals surface area contributed by atoms with E-state index in [9.17, 15) is 14.7 Å². The summed E-state index contributed by atoms with van der Waals surface area (Å²) in [7, 11) is 0. The van der Waals surface area contributed by atoms with Crippen molar-refractivity contribution in [2.45, 2.75) is 0 Å². The van der Waals surface area contributed by atoms with Crippen LogP contribution in [0.1, 0.15) is 0 Å². The summed E-state index contributed by atoms with van der Waals surface area (Å²) >= 11 is 6.58. The van der Waals surface area contributed by atoms with Gasteiger partial charge in [-0.15, -0.1) is 11.6 Å². The number of halogens is 1. The molecular formula is C11H9ClN2O3S. The highest BCUT2D eigenvalue weighted by molar-refractivity contribution is 8.15. The smallest absolute Gasteiger partial charge is 0.250 e. The number of thioether (sulfide) groups is 1. The van der Waals surface area contributed by atoms with E-state index < -0.39 is 5.91 Å². The van der Waals surface area contributed by atoms with E-state index in [-0.39, 0.29) is 28.5 Å². The van der Waals surface area contributed by atoms with E-state index in [1.54, 1.807) is 18.2 Å². The minimum absolute atomic E-state index is 0.0109. The summed E-state index contributed by atoms with van der Waals surface area (Å²) in [6.45, 7) is 0. The first-order valence-corrected chi connectivity index (χ1v) is 6.56. The van der Waals surface area contributed by atoms with Crippen molar-refractivity contribution >= 4 is 46.0 Å². The second-order valence-corrected chi connectivity index (χ2v) is 4.64. The van der Waals surface area contributed by atoms with Gasteiger partial charge in [0, 0.05) is 0 Å². The second-order valence-electron chi connectivity index (χ2n) is 3.43. The zero-order valence-corrected chi connectivity index (χ0v) is 10.7. The molecule has 2 rings (SSSR count). The van der Waals surface area contributed by atoms with Crippen LogP contribution in [0.3, 0.4) is 0 Å². The van der Waals surface area contributed by atoms with Gasteiger partial charge in [0.15, 0.2) is 5.17 Å². The summed E-state index contributed by atoms with van der Waals surface area (Å²) < 4.78 is 0. The number of alkyl halides is 1. The standard InChI is InChI=1S/C11H9ClN2O3S/c12-5-9(16)14-10(17)6-18-11(14)13-7-3-1-2-4-8(7)15/h1-4,15H,5-6H2. The van der Waals surface area contributed by atoms with E-state index in [0.29, 0.717) is 5.69 Å². The van der Waals surface area contributed by atoms with Gasteiger partial charge in [-0.2, -0.15) is 0 Å². The first kappa shape index (κ1) is 12.9. The number of phenolic OH excluding ortho intramolecular Hbond substituents is 1. The topological polar surface area (TPSA) is 70.0 Å². The van der Waals surface area contributed by atoms with Crippen molar-refractivity contribution in [1.82, 2.24) is 4.90 Å². The minimum atomic E-state index is -0.513. The zero-order chi connectivity index (χ0) is 13.1. The molecule has 7 heteroatoms. The lowest BCUT2D eigenvalue weighted by Gasteiger charge is -2.12. The molecule has 0 aliphatic carbocycles. The molecule has 18 heavy (non-hydrogen) atoms. The van der Waals surface area contributed by atoms with Crippen LogP contribution in [0.15, 0.2) is 29.3 Å². The SMILES string of the molecule is O=C(CCl)N1C(=O)CSC1=Nc1ccccc1O. The van der Waals surface area contributed by atoms with Crippen LogP contribution >= 0.6 is 23.4 Å². The fourth-order valence-electron chi connectivity index (χ4n) is 1.41. The molecule has 1 N–H and O–H groups in total. The fraction of sp³-hybridized carbons (Fsp3) is 0.182. The average molecular weight is 285 g/mol. The predicted molar refractivity (Wildman–Crippen MR) is 70.2 cm³/mol.